The highest BCUT2D eigenvalue weighted by Gasteiger charge is 2.33. The molecule has 1 unspecified atom stereocenters. The molecule has 0 heterocycles. The zero-order valence-corrected chi connectivity index (χ0v) is 24.4. The van der Waals surface area contributed by atoms with Crippen LogP contribution in [-0.4, -0.2) is 51.0 Å². The van der Waals surface area contributed by atoms with E-state index >= 15 is 0 Å². The van der Waals surface area contributed by atoms with Gasteiger partial charge in [-0.1, -0.05) is 96.0 Å². The van der Waals surface area contributed by atoms with Crippen LogP contribution in [0.3, 0.4) is 0 Å². The maximum Gasteiger partial charge on any atom is 0.244 e. The first-order valence-electron chi connectivity index (χ1n) is 12.5. The average molecular weight is 599 g/mol. The number of carbonyl (C=O) groups is 2. The minimum atomic E-state index is -3.89. The van der Waals surface area contributed by atoms with E-state index in [2.05, 4.69) is 5.32 Å². The molecule has 0 aliphatic carbocycles. The predicted molar refractivity (Wildman–Crippen MR) is 161 cm³/mol. The lowest BCUT2D eigenvalue weighted by Crippen LogP contribution is -2.53. The molecular weight excluding hydrogens is 569 g/mol. The van der Waals surface area contributed by atoms with E-state index in [4.69, 9.17) is 23.2 Å². The molecule has 40 heavy (non-hydrogen) atoms. The van der Waals surface area contributed by atoms with Crippen molar-refractivity contribution in [3.8, 4) is 0 Å². The number of hydrogen-bond acceptors (Lipinski definition) is 4. The van der Waals surface area contributed by atoms with Gasteiger partial charge in [0, 0.05) is 35.4 Å². The summed E-state index contributed by atoms with van der Waals surface area (Å²) in [5, 5.41) is 4.92. The van der Waals surface area contributed by atoms with Crippen molar-refractivity contribution >= 4 is 61.5 Å². The van der Waals surface area contributed by atoms with Gasteiger partial charge >= 0.3 is 0 Å². The molecule has 0 bridgehead atoms. The Balaban J connectivity index is 1.78. The smallest absolute Gasteiger partial charge is 0.244 e. The fourth-order valence-electron chi connectivity index (χ4n) is 4.57. The summed E-state index contributed by atoms with van der Waals surface area (Å²) in [4.78, 5) is 28.7. The van der Waals surface area contributed by atoms with Crippen LogP contribution in [-0.2, 0) is 32.6 Å². The molecule has 2 amide bonds. The zero-order chi connectivity index (χ0) is 28.9. The monoisotopic (exact) mass is 597 g/mol. The van der Waals surface area contributed by atoms with Gasteiger partial charge in [0.1, 0.15) is 12.6 Å². The van der Waals surface area contributed by atoms with E-state index in [0.717, 1.165) is 21.5 Å². The Morgan fingerprint density at radius 3 is 2.25 bits per heavy atom. The Hall–Kier alpha value is -3.59. The van der Waals surface area contributed by atoms with E-state index in [9.17, 15) is 18.0 Å². The standard InChI is InChI=1S/C30H29Cl2N3O4S/c1-33-30(37)28(17-21-9-4-3-5-10-21)34(19-23-15-16-24(31)18-26(23)32)29(36)20-35(40(2,38)39)27-14-8-12-22-11-6-7-13-25(22)27/h3-16,18,28H,17,19-20H2,1-2H3,(H,33,37). The van der Waals surface area contributed by atoms with Gasteiger partial charge in [0.05, 0.1) is 11.9 Å². The maximum atomic E-state index is 14.1. The van der Waals surface area contributed by atoms with Crippen molar-refractivity contribution in [1.82, 2.24) is 10.2 Å². The lowest BCUT2D eigenvalue weighted by Gasteiger charge is -2.33. The average Bonchev–Trinajstić information content (AvgIpc) is 2.93. The van der Waals surface area contributed by atoms with Gasteiger partial charge in [-0.15, -0.1) is 0 Å². The third-order valence-corrected chi connectivity index (χ3v) is 8.30. The molecule has 4 rings (SSSR count). The molecular formula is C30H29Cl2N3O4S. The number of carbonyl (C=O) groups excluding carboxylic acids is 2. The number of hydrogen-bond donors (Lipinski definition) is 1. The summed E-state index contributed by atoms with van der Waals surface area (Å²) in [6.07, 6.45) is 1.27. The van der Waals surface area contributed by atoms with E-state index in [1.165, 1.54) is 11.9 Å². The molecule has 0 aliphatic rings. The molecule has 0 aliphatic heterocycles. The van der Waals surface area contributed by atoms with Gasteiger partial charge in [-0.25, -0.2) is 8.42 Å². The van der Waals surface area contributed by atoms with Gasteiger partial charge in [-0.05, 0) is 34.7 Å². The molecule has 4 aromatic rings. The topological polar surface area (TPSA) is 86.8 Å². The number of nitrogens with one attached hydrogen (secondary N) is 1. The van der Waals surface area contributed by atoms with Crippen molar-refractivity contribution in [3.05, 3.63) is 112 Å². The number of likely N-dealkylation sites (N-methyl/N-ethyl adjacent to an activating group) is 1. The Labute approximate surface area is 244 Å². The first kappa shape index (κ1) is 29.4. The molecule has 0 saturated heterocycles. The van der Waals surface area contributed by atoms with Crippen LogP contribution < -0.4 is 9.62 Å². The largest absolute Gasteiger partial charge is 0.357 e. The Morgan fingerprint density at radius 2 is 1.57 bits per heavy atom. The minimum absolute atomic E-state index is 0.0348. The van der Waals surface area contributed by atoms with Crippen molar-refractivity contribution in [1.29, 1.82) is 0 Å². The van der Waals surface area contributed by atoms with E-state index in [1.807, 2.05) is 54.6 Å². The Kier molecular flexibility index (Phi) is 9.35. The summed E-state index contributed by atoms with van der Waals surface area (Å²) in [6, 6.07) is 25.9. The molecule has 0 aromatic heterocycles. The summed E-state index contributed by atoms with van der Waals surface area (Å²) >= 11 is 12.6. The van der Waals surface area contributed by atoms with Gasteiger partial charge in [0.15, 0.2) is 0 Å². The van der Waals surface area contributed by atoms with E-state index in [1.54, 1.807) is 36.4 Å². The fraction of sp³-hybridized carbons (Fsp3) is 0.200. The maximum absolute atomic E-state index is 14.1. The van der Waals surface area contributed by atoms with Crippen molar-refractivity contribution in [2.24, 2.45) is 0 Å². The summed E-state index contributed by atoms with van der Waals surface area (Å²) < 4.78 is 27.2. The number of amides is 2. The number of benzene rings is 4. The van der Waals surface area contributed by atoms with Crippen LogP contribution in [0.15, 0.2) is 91.0 Å². The minimum Gasteiger partial charge on any atom is -0.357 e. The van der Waals surface area contributed by atoms with Crippen LogP contribution in [0.5, 0.6) is 0 Å². The van der Waals surface area contributed by atoms with Crippen molar-refractivity contribution in [2.75, 3.05) is 24.2 Å². The number of halogens is 2. The van der Waals surface area contributed by atoms with Crippen LogP contribution in [0, 0.1) is 0 Å². The highest BCUT2D eigenvalue weighted by atomic mass is 35.5. The number of sulfonamides is 1. The van der Waals surface area contributed by atoms with Gasteiger partial charge in [0.2, 0.25) is 21.8 Å². The van der Waals surface area contributed by atoms with Crippen molar-refractivity contribution in [3.63, 3.8) is 0 Å². The second-order valence-electron chi connectivity index (χ2n) is 9.35. The molecule has 208 valence electrons. The van der Waals surface area contributed by atoms with Crippen molar-refractivity contribution in [2.45, 2.75) is 19.0 Å². The third-order valence-electron chi connectivity index (χ3n) is 6.59. The molecule has 0 fully saturated rings. The molecule has 0 saturated carbocycles. The number of nitrogens with zero attached hydrogens (tertiary/aromatic N) is 2. The first-order valence-corrected chi connectivity index (χ1v) is 15.1. The quantitative estimate of drug-likeness (QED) is 0.269. The molecule has 4 aromatic carbocycles. The molecule has 0 spiro atoms. The molecule has 1 N–H and O–H groups in total. The van der Waals surface area contributed by atoms with Crippen LogP contribution in [0.1, 0.15) is 11.1 Å². The number of anilines is 1. The van der Waals surface area contributed by atoms with Gasteiger partial charge in [-0.2, -0.15) is 0 Å². The molecule has 0 radical (unpaired) electrons. The second-order valence-corrected chi connectivity index (χ2v) is 12.1. The lowest BCUT2D eigenvalue weighted by atomic mass is 10.0. The lowest BCUT2D eigenvalue weighted by molar-refractivity contribution is -0.139. The van der Waals surface area contributed by atoms with Crippen LogP contribution in [0.25, 0.3) is 10.8 Å². The van der Waals surface area contributed by atoms with Crippen LogP contribution in [0.2, 0.25) is 10.0 Å². The zero-order valence-electron chi connectivity index (χ0n) is 22.1. The number of rotatable bonds is 10. The van der Waals surface area contributed by atoms with E-state index in [0.29, 0.717) is 26.7 Å². The number of fused-ring (bicyclic) bond motifs is 1. The molecule has 1 atom stereocenters. The van der Waals surface area contributed by atoms with Crippen LogP contribution >= 0.6 is 23.2 Å². The first-order chi connectivity index (χ1) is 19.1. The summed E-state index contributed by atoms with van der Waals surface area (Å²) in [6.45, 7) is -0.548. The van der Waals surface area contributed by atoms with Gasteiger partial charge in [0.25, 0.3) is 0 Å². The van der Waals surface area contributed by atoms with E-state index < -0.39 is 34.4 Å². The highest BCUT2D eigenvalue weighted by Crippen LogP contribution is 2.29. The summed E-state index contributed by atoms with van der Waals surface area (Å²) in [5.41, 5.74) is 1.78. The second kappa shape index (κ2) is 12.7. The van der Waals surface area contributed by atoms with E-state index in [-0.39, 0.29) is 13.0 Å². The summed E-state index contributed by atoms with van der Waals surface area (Å²) in [7, 11) is -2.40. The third kappa shape index (κ3) is 6.94. The van der Waals surface area contributed by atoms with Gasteiger partial charge < -0.3 is 10.2 Å². The fourth-order valence-corrected chi connectivity index (χ4v) is 5.90. The summed E-state index contributed by atoms with van der Waals surface area (Å²) in [5.74, 6) is -0.952. The van der Waals surface area contributed by atoms with Crippen LogP contribution in [0.4, 0.5) is 5.69 Å². The SMILES string of the molecule is CNC(=O)C(Cc1ccccc1)N(Cc1ccc(Cl)cc1Cl)C(=O)CN(c1cccc2ccccc12)S(C)(=O)=O. The Bertz CT molecular complexity index is 1630. The highest BCUT2D eigenvalue weighted by molar-refractivity contribution is 7.92. The predicted octanol–water partition coefficient (Wildman–Crippen LogP) is 5.30. The normalized spacial score (nSPS) is 12.1. The van der Waals surface area contributed by atoms with Gasteiger partial charge in [-0.3, -0.25) is 13.9 Å². The Morgan fingerprint density at radius 1 is 0.900 bits per heavy atom. The van der Waals surface area contributed by atoms with Crippen molar-refractivity contribution < 1.29 is 18.0 Å². The molecule has 10 heteroatoms. The molecule has 7 nitrogen and oxygen atoms in total.